The van der Waals surface area contributed by atoms with E-state index in [4.69, 9.17) is 14.7 Å². The Balaban J connectivity index is 1.86. The number of rotatable bonds is 5. The van der Waals surface area contributed by atoms with Crippen LogP contribution in [0.2, 0.25) is 0 Å². The van der Waals surface area contributed by atoms with Crippen LogP contribution in [0.1, 0.15) is 18.7 Å². The van der Waals surface area contributed by atoms with Gasteiger partial charge in [-0.25, -0.2) is 0 Å². The molecule has 0 unspecified atom stereocenters. The van der Waals surface area contributed by atoms with E-state index in [0.717, 1.165) is 35.8 Å². The van der Waals surface area contributed by atoms with Gasteiger partial charge in [0, 0.05) is 11.8 Å². The molecule has 0 saturated carbocycles. The Morgan fingerprint density at radius 1 is 1.16 bits per heavy atom. The third-order valence-corrected chi connectivity index (χ3v) is 3.03. The molecule has 2 aromatic heterocycles. The highest BCUT2D eigenvalue weighted by molar-refractivity contribution is 5.91. The maximum atomic E-state index is 5.47. The smallest absolute Gasteiger partial charge is 0.226 e. The lowest BCUT2D eigenvalue weighted by Gasteiger charge is -1.91. The number of nitrogens with two attached hydrogens (primary N) is 1. The van der Waals surface area contributed by atoms with E-state index in [1.165, 1.54) is 0 Å². The van der Waals surface area contributed by atoms with Crippen LogP contribution in [0.15, 0.2) is 39.5 Å². The van der Waals surface area contributed by atoms with Crippen LogP contribution in [-0.4, -0.2) is 16.7 Å². The molecule has 3 aromatic rings. The molecule has 0 amide bonds. The molecule has 0 fully saturated rings. The quantitative estimate of drug-likeness (QED) is 0.711. The zero-order valence-corrected chi connectivity index (χ0v) is 10.5. The summed E-state index contributed by atoms with van der Waals surface area (Å²) in [6.45, 7) is 0.688. The molecule has 0 saturated heterocycles. The lowest BCUT2D eigenvalue weighted by atomic mass is 10.2. The van der Waals surface area contributed by atoms with Crippen LogP contribution in [0.3, 0.4) is 0 Å². The molecule has 0 bridgehead atoms. The van der Waals surface area contributed by atoms with E-state index in [9.17, 15) is 0 Å². The highest BCUT2D eigenvalue weighted by atomic mass is 16.5. The number of benzene rings is 1. The van der Waals surface area contributed by atoms with Crippen LogP contribution >= 0.6 is 0 Å². The van der Waals surface area contributed by atoms with Crippen LogP contribution in [0.5, 0.6) is 0 Å². The molecular formula is C14H15N3O2. The Labute approximate surface area is 110 Å². The Morgan fingerprint density at radius 3 is 2.95 bits per heavy atom. The highest BCUT2D eigenvalue weighted by Crippen LogP contribution is 2.28. The minimum atomic E-state index is 0.577. The largest absolute Gasteiger partial charge is 0.464 e. The van der Waals surface area contributed by atoms with Crippen LogP contribution in [0.25, 0.3) is 22.4 Å². The summed E-state index contributed by atoms with van der Waals surface area (Å²) in [4.78, 5) is 4.40. The Hall–Kier alpha value is -2.14. The van der Waals surface area contributed by atoms with Crippen LogP contribution in [0.4, 0.5) is 0 Å². The predicted molar refractivity (Wildman–Crippen MR) is 71.5 cm³/mol. The van der Waals surface area contributed by atoms with E-state index in [-0.39, 0.29) is 0 Å². The zero-order valence-electron chi connectivity index (χ0n) is 10.5. The lowest BCUT2D eigenvalue weighted by Crippen LogP contribution is -1.99. The minimum absolute atomic E-state index is 0.577. The Kier molecular flexibility index (Phi) is 3.29. The van der Waals surface area contributed by atoms with Gasteiger partial charge in [0.1, 0.15) is 11.8 Å². The third-order valence-electron chi connectivity index (χ3n) is 3.03. The number of furan rings is 1. The van der Waals surface area contributed by atoms with Gasteiger partial charge in [0.05, 0.1) is 5.56 Å². The van der Waals surface area contributed by atoms with Gasteiger partial charge in [0.25, 0.3) is 0 Å². The Morgan fingerprint density at radius 2 is 2.05 bits per heavy atom. The predicted octanol–water partition coefficient (Wildman–Crippen LogP) is 2.76. The summed E-state index contributed by atoms with van der Waals surface area (Å²) < 4.78 is 10.7. The fourth-order valence-electron chi connectivity index (χ4n) is 2.04. The van der Waals surface area contributed by atoms with E-state index in [0.29, 0.717) is 18.3 Å². The lowest BCUT2D eigenvalue weighted by molar-refractivity contribution is 0.375. The maximum absolute atomic E-state index is 5.47. The van der Waals surface area contributed by atoms with Gasteiger partial charge < -0.3 is 14.7 Å². The van der Waals surface area contributed by atoms with E-state index < -0.39 is 0 Å². The van der Waals surface area contributed by atoms with E-state index >= 15 is 0 Å². The topological polar surface area (TPSA) is 78.1 Å². The summed E-state index contributed by atoms with van der Waals surface area (Å²) in [5.41, 5.74) is 7.15. The zero-order chi connectivity index (χ0) is 13.1. The first-order valence-corrected chi connectivity index (χ1v) is 6.38. The van der Waals surface area contributed by atoms with Crippen molar-refractivity contribution < 1.29 is 8.94 Å². The number of fused-ring (bicyclic) bond motifs is 1. The van der Waals surface area contributed by atoms with E-state index in [1.807, 2.05) is 24.3 Å². The number of aromatic nitrogens is 2. The molecule has 0 spiro atoms. The molecule has 3 rings (SSSR count). The van der Waals surface area contributed by atoms with Crippen molar-refractivity contribution in [3.63, 3.8) is 0 Å². The normalized spacial score (nSPS) is 11.2. The summed E-state index contributed by atoms with van der Waals surface area (Å²) in [7, 11) is 0. The molecule has 0 atom stereocenters. The molecule has 2 N–H and O–H groups in total. The van der Waals surface area contributed by atoms with Crippen LogP contribution in [0, 0.1) is 0 Å². The summed E-state index contributed by atoms with van der Waals surface area (Å²) in [5.74, 6) is 1.22. The van der Waals surface area contributed by atoms with Crippen molar-refractivity contribution in [2.75, 3.05) is 6.54 Å². The van der Waals surface area contributed by atoms with Gasteiger partial charge in [-0.2, -0.15) is 4.98 Å². The van der Waals surface area contributed by atoms with Crippen molar-refractivity contribution in [2.24, 2.45) is 5.73 Å². The third kappa shape index (κ3) is 2.37. The molecule has 0 aliphatic heterocycles. The molecule has 2 heterocycles. The van der Waals surface area contributed by atoms with Gasteiger partial charge in [-0.1, -0.05) is 23.4 Å². The van der Waals surface area contributed by atoms with E-state index in [1.54, 1.807) is 6.26 Å². The second-order valence-electron chi connectivity index (χ2n) is 4.40. The van der Waals surface area contributed by atoms with Gasteiger partial charge in [-0.15, -0.1) is 0 Å². The summed E-state index contributed by atoms with van der Waals surface area (Å²) in [6, 6.07) is 7.80. The van der Waals surface area contributed by atoms with Gasteiger partial charge in [0.15, 0.2) is 0 Å². The van der Waals surface area contributed by atoms with Crippen molar-refractivity contribution in [1.29, 1.82) is 0 Å². The number of hydrogen-bond acceptors (Lipinski definition) is 5. The molecule has 0 radical (unpaired) electrons. The van der Waals surface area contributed by atoms with Crippen molar-refractivity contribution >= 4 is 11.0 Å². The molecule has 19 heavy (non-hydrogen) atoms. The second kappa shape index (κ2) is 5.24. The molecular weight excluding hydrogens is 242 g/mol. The average molecular weight is 257 g/mol. The van der Waals surface area contributed by atoms with Crippen LogP contribution in [-0.2, 0) is 6.42 Å². The van der Waals surface area contributed by atoms with Crippen molar-refractivity contribution in [2.45, 2.75) is 19.3 Å². The maximum Gasteiger partial charge on any atom is 0.226 e. The number of unbranched alkanes of at least 4 members (excludes halogenated alkanes) is 1. The molecule has 0 aliphatic carbocycles. The number of aryl methyl sites for hydroxylation is 1. The van der Waals surface area contributed by atoms with E-state index in [2.05, 4.69) is 10.1 Å². The fraction of sp³-hybridized carbons (Fsp3) is 0.286. The minimum Gasteiger partial charge on any atom is -0.464 e. The van der Waals surface area contributed by atoms with Crippen molar-refractivity contribution in [1.82, 2.24) is 10.1 Å². The first-order valence-electron chi connectivity index (χ1n) is 6.38. The summed E-state index contributed by atoms with van der Waals surface area (Å²) in [5, 5.41) is 5.01. The van der Waals surface area contributed by atoms with Gasteiger partial charge >= 0.3 is 0 Å². The number of nitrogens with zero attached hydrogens (tertiary/aromatic N) is 2. The van der Waals surface area contributed by atoms with Crippen LogP contribution < -0.4 is 5.73 Å². The molecule has 0 aliphatic rings. The van der Waals surface area contributed by atoms with Crippen molar-refractivity contribution in [3.8, 4) is 11.4 Å². The molecule has 5 nitrogen and oxygen atoms in total. The monoisotopic (exact) mass is 257 g/mol. The molecule has 1 aromatic carbocycles. The highest BCUT2D eigenvalue weighted by Gasteiger charge is 2.13. The summed E-state index contributed by atoms with van der Waals surface area (Å²) >= 11 is 0. The number of hydrogen-bond donors (Lipinski definition) is 1. The molecule has 98 valence electrons. The van der Waals surface area contributed by atoms with Gasteiger partial charge in [-0.3, -0.25) is 0 Å². The average Bonchev–Trinajstić information content (AvgIpc) is 3.05. The van der Waals surface area contributed by atoms with Crippen molar-refractivity contribution in [3.05, 3.63) is 36.4 Å². The van der Waals surface area contributed by atoms with Gasteiger partial charge in [0.2, 0.25) is 11.7 Å². The van der Waals surface area contributed by atoms with Gasteiger partial charge in [-0.05, 0) is 25.5 Å². The number of para-hydroxylation sites is 1. The fourth-order valence-corrected chi connectivity index (χ4v) is 2.04. The first-order chi connectivity index (χ1) is 9.38. The standard InChI is InChI=1S/C14H15N3O2/c15-8-4-3-7-13-16-14(17-19-13)11-9-18-12-6-2-1-5-10(11)12/h1-2,5-6,9H,3-4,7-8,15H2. The SMILES string of the molecule is NCCCCc1nc(-c2coc3ccccc23)no1. The summed E-state index contributed by atoms with van der Waals surface area (Å²) in [6.07, 6.45) is 4.36. The first kappa shape index (κ1) is 11.9. The Bertz CT molecular complexity index is 672. The second-order valence-corrected chi connectivity index (χ2v) is 4.40. The molecule has 5 heteroatoms.